The van der Waals surface area contributed by atoms with Gasteiger partial charge in [0.2, 0.25) is 0 Å². The number of aryl methyl sites for hydroxylation is 1. The Balaban J connectivity index is 2.18. The molecule has 5 N–H and O–H groups in total. The highest BCUT2D eigenvalue weighted by molar-refractivity contribution is 5.72. The lowest BCUT2D eigenvalue weighted by molar-refractivity contribution is 0.239. The van der Waals surface area contributed by atoms with Crippen molar-refractivity contribution in [2.24, 2.45) is 5.73 Å². The summed E-state index contributed by atoms with van der Waals surface area (Å²) in [5.41, 5.74) is 13.5. The number of aromatic nitrogens is 1. The van der Waals surface area contributed by atoms with Crippen LogP contribution in [0.1, 0.15) is 37.6 Å². The molecule has 7 nitrogen and oxygen atoms in total. The molecule has 27 heavy (non-hydrogen) atoms. The first kappa shape index (κ1) is 20.5. The Morgan fingerprint density at radius 2 is 2.00 bits per heavy atom. The molecule has 0 fully saturated rings. The lowest BCUT2D eigenvalue weighted by Gasteiger charge is -2.23. The van der Waals surface area contributed by atoms with E-state index in [1.54, 1.807) is 18.3 Å². The number of rotatable bonds is 9. The first-order valence-corrected chi connectivity index (χ1v) is 9.21. The highest BCUT2D eigenvalue weighted by atomic mass is 16.5. The second kappa shape index (κ2) is 9.78. The van der Waals surface area contributed by atoms with Crippen molar-refractivity contribution in [1.82, 2.24) is 15.2 Å². The summed E-state index contributed by atoms with van der Waals surface area (Å²) in [6, 6.07) is 8.26. The van der Waals surface area contributed by atoms with Crippen LogP contribution in [0.4, 0.5) is 10.5 Å². The molecule has 146 valence electrons. The number of ether oxygens (including phenoxy) is 1. The van der Waals surface area contributed by atoms with E-state index in [0.717, 1.165) is 30.9 Å². The van der Waals surface area contributed by atoms with Gasteiger partial charge in [-0.05, 0) is 56.3 Å². The molecule has 0 aliphatic heterocycles. The Kier molecular flexibility index (Phi) is 7.43. The number of hydrogen-bond donors (Lipinski definition) is 3. The van der Waals surface area contributed by atoms with E-state index in [9.17, 15) is 4.79 Å². The van der Waals surface area contributed by atoms with Crippen molar-refractivity contribution in [3.05, 3.63) is 47.8 Å². The maximum absolute atomic E-state index is 11.4. The number of pyridine rings is 1. The topological polar surface area (TPSA) is 106 Å². The maximum Gasteiger partial charge on any atom is 0.312 e. The average molecular weight is 371 g/mol. The number of nitrogens with two attached hydrogens (primary N) is 2. The first-order chi connectivity index (χ1) is 12.9. The zero-order valence-electron chi connectivity index (χ0n) is 16.2. The molecule has 2 amide bonds. The molecular weight excluding hydrogens is 342 g/mol. The molecule has 1 heterocycles. The predicted molar refractivity (Wildman–Crippen MR) is 108 cm³/mol. The fourth-order valence-electron chi connectivity index (χ4n) is 2.91. The van der Waals surface area contributed by atoms with Gasteiger partial charge in [0.1, 0.15) is 11.5 Å². The van der Waals surface area contributed by atoms with E-state index < -0.39 is 6.03 Å². The van der Waals surface area contributed by atoms with Gasteiger partial charge in [-0.3, -0.25) is 4.98 Å². The molecule has 0 saturated carbocycles. The largest absolute Gasteiger partial charge is 0.457 e. The summed E-state index contributed by atoms with van der Waals surface area (Å²) < 4.78 is 5.98. The Labute approximate surface area is 160 Å². The number of primary amides is 1. The number of carbonyl (C=O) groups is 1. The fraction of sp³-hybridized carbons (Fsp3) is 0.400. The van der Waals surface area contributed by atoms with E-state index in [4.69, 9.17) is 16.2 Å². The van der Waals surface area contributed by atoms with E-state index in [0.29, 0.717) is 23.6 Å². The Morgan fingerprint density at radius 1 is 1.26 bits per heavy atom. The molecule has 1 aromatic heterocycles. The number of amides is 2. The van der Waals surface area contributed by atoms with Gasteiger partial charge in [-0.1, -0.05) is 13.8 Å². The average Bonchev–Trinajstić information content (AvgIpc) is 2.64. The van der Waals surface area contributed by atoms with Crippen LogP contribution in [-0.2, 0) is 0 Å². The highest BCUT2D eigenvalue weighted by Gasteiger charge is 2.17. The van der Waals surface area contributed by atoms with E-state index in [-0.39, 0.29) is 6.04 Å². The van der Waals surface area contributed by atoms with Crippen LogP contribution >= 0.6 is 0 Å². The zero-order chi connectivity index (χ0) is 19.8. The summed E-state index contributed by atoms with van der Waals surface area (Å²) >= 11 is 0. The van der Waals surface area contributed by atoms with Crippen molar-refractivity contribution in [2.75, 3.05) is 25.4 Å². The van der Waals surface area contributed by atoms with Gasteiger partial charge in [0.05, 0.1) is 11.7 Å². The van der Waals surface area contributed by atoms with Crippen molar-refractivity contribution < 1.29 is 9.53 Å². The number of carbonyl (C=O) groups excluding carboxylic acids is 1. The van der Waals surface area contributed by atoms with Gasteiger partial charge in [-0.25, -0.2) is 4.79 Å². The minimum atomic E-state index is -0.568. The van der Waals surface area contributed by atoms with Crippen LogP contribution in [0.25, 0.3) is 0 Å². The van der Waals surface area contributed by atoms with Crippen LogP contribution < -0.4 is 21.5 Å². The molecule has 0 aliphatic rings. The van der Waals surface area contributed by atoms with Gasteiger partial charge in [0.15, 0.2) is 0 Å². The van der Waals surface area contributed by atoms with Crippen molar-refractivity contribution in [1.29, 1.82) is 0 Å². The van der Waals surface area contributed by atoms with E-state index in [1.165, 1.54) is 0 Å². The van der Waals surface area contributed by atoms with Gasteiger partial charge < -0.3 is 26.4 Å². The lowest BCUT2D eigenvalue weighted by atomic mass is 10.1. The molecule has 0 aliphatic carbocycles. The second-order valence-corrected chi connectivity index (χ2v) is 6.42. The molecule has 0 saturated heterocycles. The third-order valence-electron chi connectivity index (χ3n) is 4.48. The summed E-state index contributed by atoms with van der Waals surface area (Å²) in [4.78, 5) is 18.1. The van der Waals surface area contributed by atoms with Gasteiger partial charge in [0.25, 0.3) is 0 Å². The standard InChI is InChI=1S/C20H29N5O2/c1-4-25(5-2)11-9-17(24-20(22)26)18-13-16(8-10-23-18)27-19-7-6-15(21)12-14(19)3/h6-8,10,12-13,17H,4-5,9,11,21H2,1-3H3,(H3,22,24,26). The van der Waals surface area contributed by atoms with E-state index >= 15 is 0 Å². The number of hydrogen-bond acceptors (Lipinski definition) is 5. The molecule has 7 heteroatoms. The first-order valence-electron chi connectivity index (χ1n) is 9.21. The van der Waals surface area contributed by atoms with Crippen LogP contribution in [0, 0.1) is 6.92 Å². The van der Waals surface area contributed by atoms with Gasteiger partial charge >= 0.3 is 6.03 Å². The summed E-state index contributed by atoms with van der Waals surface area (Å²) in [6.45, 7) is 8.90. The Hall–Kier alpha value is -2.80. The number of nitrogens with one attached hydrogen (secondary N) is 1. The monoisotopic (exact) mass is 371 g/mol. The molecule has 0 radical (unpaired) electrons. The van der Waals surface area contributed by atoms with E-state index in [2.05, 4.69) is 29.0 Å². The summed E-state index contributed by atoms with van der Waals surface area (Å²) in [5.74, 6) is 1.37. The predicted octanol–water partition coefficient (Wildman–Crippen LogP) is 3.21. The number of anilines is 1. The molecule has 1 unspecified atom stereocenters. The third kappa shape index (κ3) is 6.14. The molecule has 1 atom stereocenters. The number of nitrogens with zero attached hydrogens (tertiary/aromatic N) is 2. The smallest absolute Gasteiger partial charge is 0.312 e. The second-order valence-electron chi connectivity index (χ2n) is 6.42. The molecule has 2 rings (SSSR count). The maximum atomic E-state index is 11.4. The van der Waals surface area contributed by atoms with Crippen LogP contribution in [0.15, 0.2) is 36.5 Å². The molecule has 0 bridgehead atoms. The van der Waals surface area contributed by atoms with E-state index in [1.807, 2.05) is 25.1 Å². The molecule has 0 spiro atoms. The number of benzene rings is 1. The quantitative estimate of drug-likeness (QED) is 0.587. The number of urea groups is 1. The fourth-order valence-corrected chi connectivity index (χ4v) is 2.91. The molecular formula is C20H29N5O2. The Morgan fingerprint density at radius 3 is 2.63 bits per heavy atom. The van der Waals surface area contributed by atoms with Gasteiger partial charge in [0, 0.05) is 24.5 Å². The molecule has 2 aromatic rings. The van der Waals surface area contributed by atoms with Crippen LogP contribution in [0.3, 0.4) is 0 Å². The summed E-state index contributed by atoms with van der Waals surface area (Å²) in [5, 5.41) is 2.79. The normalized spacial score (nSPS) is 12.0. The lowest BCUT2D eigenvalue weighted by Crippen LogP contribution is -2.36. The SMILES string of the molecule is CCN(CC)CCC(NC(N)=O)c1cc(Oc2ccc(N)cc2C)ccn1. The van der Waals surface area contributed by atoms with Gasteiger partial charge in [-0.2, -0.15) is 0 Å². The third-order valence-corrected chi connectivity index (χ3v) is 4.48. The van der Waals surface area contributed by atoms with Crippen LogP contribution in [0.5, 0.6) is 11.5 Å². The van der Waals surface area contributed by atoms with Crippen molar-refractivity contribution >= 4 is 11.7 Å². The van der Waals surface area contributed by atoms with Crippen LogP contribution in [0.2, 0.25) is 0 Å². The minimum absolute atomic E-state index is 0.279. The van der Waals surface area contributed by atoms with Gasteiger partial charge in [-0.15, -0.1) is 0 Å². The van der Waals surface area contributed by atoms with Crippen molar-refractivity contribution in [3.8, 4) is 11.5 Å². The molecule has 1 aromatic carbocycles. The van der Waals surface area contributed by atoms with Crippen molar-refractivity contribution in [3.63, 3.8) is 0 Å². The van der Waals surface area contributed by atoms with Crippen molar-refractivity contribution in [2.45, 2.75) is 33.2 Å². The summed E-state index contributed by atoms with van der Waals surface area (Å²) in [6.07, 6.45) is 2.38. The Bertz CT molecular complexity index is 762. The summed E-state index contributed by atoms with van der Waals surface area (Å²) in [7, 11) is 0. The highest BCUT2D eigenvalue weighted by Crippen LogP contribution is 2.28. The zero-order valence-corrected chi connectivity index (χ0v) is 16.2. The number of nitrogen functional groups attached to an aromatic ring is 1. The van der Waals surface area contributed by atoms with Crippen LogP contribution in [-0.4, -0.2) is 35.5 Å². The minimum Gasteiger partial charge on any atom is -0.457 e.